The van der Waals surface area contributed by atoms with E-state index in [9.17, 15) is 68.1 Å². The third-order valence-electron chi connectivity index (χ3n) is 21.3. The number of primary amides is 1. The fraction of sp³-hybridized carbons (Fsp3) is 0.542. The van der Waals surface area contributed by atoms with E-state index in [1.165, 1.54) is 66.7 Å². The lowest BCUT2D eigenvalue weighted by atomic mass is 9.95. The lowest BCUT2D eigenvalue weighted by Crippen LogP contribution is -2.62. The third-order valence-corrected chi connectivity index (χ3v) is 21.3. The Morgan fingerprint density at radius 1 is 0.476 bits per heavy atom. The molecule has 43 heteroatoms. The Labute approximate surface area is 728 Å². The number of rotatable bonds is 52. The van der Waals surface area contributed by atoms with Crippen LogP contribution in [0.2, 0.25) is 0 Å². The molecule has 26 N–H and O–H groups in total. The van der Waals surface area contributed by atoms with Gasteiger partial charge < -0.3 is 121 Å². The van der Waals surface area contributed by atoms with Gasteiger partial charge >= 0.3 is 11.9 Å². The highest BCUT2D eigenvalue weighted by atomic mass is 16.4. The molecule has 43 nitrogen and oxygen atoms in total. The minimum Gasteiger partial charge on any atom is -0.508 e. The summed E-state index contributed by atoms with van der Waals surface area (Å²) in [6, 6.07) is -6.32. The van der Waals surface area contributed by atoms with Gasteiger partial charge in [0.1, 0.15) is 84.3 Å². The predicted octanol–water partition coefficient (Wildman–Crippen LogP) is -2.64. The van der Waals surface area contributed by atoms with Crippen LogP contribution < -0.4 is 86.3 Å². The Balaban J connectivity index is 1.24. The first-order chi connectivity index (χ1) is 59.7. The number of aromatic nitrogens is 6. The van der Waals surface area contributed by atoms with Gasteiger partial charge in [-0.15, -0.1) is 0 Å². The first kappa shape index (κ1) is 101. The summed E-state index contributed by atoms with van der Waals surface area (Å²) in [6.45, 7) is 16.8. The van der Waals surface area contributed by atoms with Crippen LogP contribution in [-0.4, -0.2) is 248 Å². The average molecular weight is 1760 g/mol. The number of aliphatic carboxylic acids is 2. The average Bonchev–Trinajstić information content (AvgIpc) is 1.56. The minimum atomic E-state index is -1.76. The molecule has 126 heavy (non-hydrogen) atoms. The molecule has 6 rings (SSSR count). The second-order valence-electron chi connectivity index (χ2n) is 32.6. The van der Waals surface area contributed by atoms with E-state index in [-0.39, 0.29) is 113 Å². The number of phenolic OH excluding ortho intramolecular Hbond substituents is 1. The Morgan fingerprint density at radius 3 is 1.33 bits per heavy atom. The number of benzene rings is 2. The van der Waals surface area contributed by atoms with Crippen molar-refractivity contribution in [3.63, 3.8) is 0 Å². The van der Waals surface area contributed by atoms with Gasteiger partial charge in [-0.25, -0.2) is 19.7 Å². The Hall–Kier alpha value is -13.4. The minimum absolute atomic E-state index is 0.0233. The van der Waals surface area contributed by atoms with Crippen LogP contribution in [0.25, 0.3) is 0 Å². The second-order valence-corrected chi connectivity index (χ2v) is 32.6. The summed E-state index contributed by atoms with van der Waals surface area (Å²) in [5.74, 6) is -18.9. The number of nitrogens with two attached hydrogens (primary N) is 3. The number of H-pyrrole nitrogens is 3. The topological polar surface area (TPSA) is 681 Å². The van der Waals surface area contributed by atoms with Gasteiger partial charge in [0, 0.05) is 63.8 Å². The Kier molecular flexibility index (Phi) is 40.1. The van der Waals surface area contributed by atoms with E-state index in [1.54, 1.807) is 99.6 Å². The van der Waals surface area contributed by atoms with Gasteiger partial charge in [0.05, 0.1) is 54.9 Å². The number of phenols is 1. The van der Waals surface area contributed by atoms with Gasteiger partial charge in [-0.05, 0) is 85.0 Å². The number of carbonyl (C=O) groups excluding carboxylic acids is 14. The molecule has 0 saturated carbocycles. The first-order valence-corrected chi connectivity index (χ1v) is 41.9. The number of carbonyl (C=O) groups is 16. The van der Waals surface area contributed by atoms with E-state index in [4.69, 9.17) is 22.6 Å². The Bertz CT molecular complexity index is 4500. The molecule has 1 aliphatic rings. The molecule has 0 aliphatic carbocycles. The number of nitrogens with one attached hydrogen (secondary N) is 17. The third kappa shape index (κ3) is 32.4. The number of aromatic hydroxyl groups is 1. The Morgan fingerprint density at radius 2 is 0.873 bits per heavy atom. The van der Waals surface area contributed by atoms with Crippen molar-refractivity contribution in [1.82, 2.24) is 104 Å². The van der Waals surface area contributed by atoms with Crippen LogP contribution in [0.15, 0.2) is 92.2 Å². The van der Waals surface area contributed by atoms with Gasteiger partial charge in [-0.1, -0.05) is 125 Å². The van der Waals surface area contributed by atoms with E-state index < -0.39 is 216 Å². The number of nitrogens with zero attached hydrogens (tertiary/aromatic N) is 4. The highest BCUT2D eigenvalue weighted by molar-refractivity contribution is 6.01. The molecule has 0 spiro atoms. The van der Waals surface area contributed by atoms with E-state index in [0.717, 1.165) is 0 Å². The van der Waals surface area contributed by atoms with E-state index in [0.29, 0.717) is 23.2 Å². The number of guanidine groups is 1. The smallest absolute Gasteiger partial charge is 0.326 e. The van der Waals surface area contributed by atoms with Crippen molar-refractivity contribution in [1.29, 1.82) is 5.41 Å². The zero-order valence-electron chi connectivity index (χ0n) is 72.3. The maximum Gasteiger partial charge on any atom is 0.326 e. The standard InChI is InChI=1S/C83H122N24O19/c1-11-45(9)67(105-75(118)57(30-48-22-24-52(108)25-23-48)99-77(120)65(43(5)6)103-70(113)54(20-16-26-91-83(86)87)95-69(112)53(84)34-64(110)111)80(123)101-60(33-51-38-90-41-94-51)81(124)107-27-17-21-62(107)76(119)98-56(29-47-18-14-13-15-19-47)71(114)97-58(31-49-36-88-39-92-49)72(115)96-55(28-42(3)4)74(117)104-66(44(7)8)78(121)106-68(46(10)12-2)79(122)100-59(32-50-37-89-40-93-50)73(116)102-61(82(125)126)35-63(85)109/h13-15,18-19,22-25,36-46,53-62,65-68,108H,11-12,16-17,20-21,26-35,84H2,1-10H3,(H2,85,109)(H,88,92)(H,89,93)(H,90,94)(H,95,112)(H,96,115)(H,97,114)(H,98,119)(H,99,120)(H,100,122)(H,101,123)(H,102,116)(H,103,113)(H,104,117)(H,105,118)(H,106,121)(H,110,111)(H,125,126)(H4,86,87,91)/t45-,46-,53-,54-,55-,56-,57-,58-,59-,60-,61-,62-,65-,66-,67-,68-/m0/s1. The number of hydrogen-bond acceptors (Lipinski definition) is 22. The van der Waals surface area contributed by atoms with Gasteiger partial charge in [0.15, 0.2) is 5.96 Å². The first-order valence-electron chi connectivity index (χ1n) is 41.9. The summed E-state index contributed by atoms with van der Waals surface area (Å²) in [5.41, 5.74) is 18.4. The van der Waals surface area contributed by atoms with Crippen LogP contribution in [0.1, 0.15) is 155 Å². The van der Waals surface area contributed by atoms with Crippen molar-refractivity contribution < 1.29 is 92.0 Å². The molecule has 5 aromatic rings. The van der Waals surface area contributed by atoms with E-state index >= 15 is 24.0 Å². The molecule has 14 amide bonds. The zero-order valence-corrected chi connectivity index (χ0v) is 72.3. The van der Waals surface area contributed by atoms with Crippen LogP contribution in [0.4, 0.5) is 0 Å². The molecule has 2 aromatic carbocycles. The highest BCUT2D eigenvalue weighted by Gasteiger charge is 2.44. The zero-order chi connectivity index (χ0) is 93.2. The maximum absolute atomic E-state index is 15.4. The molecule has 0 bridgehead atoms. The number of carboxylic acid groups (broad SMARTS) is 2. The summed E-state index contributed by atoms with van der Waals surface area (Å²) >= 11 is 0. The summed E-state index contributed by atoms with van der Waals surface area (Å²) in [4.78, 5) is 248. The number of hydrogen-bond donors (Lipinski definition) is 23. The number of amides is 14. The number of carboxylic acids is 2. The molecule has 0 radical (unpaired) electrons. The van der Waals surface area contributed by atoms with Gasteiger partial charge in [-0.2, -0.15) is 0 Å². The maximum atomic E-state index is 15.4. The number of likely N-dealkylation sites (tertiary alicyclic amines) is 1. The van der Waals surface area contributed by atoms with E-state index in [1.807, 2.05) is 0 Å². The van der Waals surface area contributed by atoms with Crippen LogP contribution in [-0.2, 0) is 109 Å². The fourth-order valence-corrected chi connectivity index (χ4v) is 13.9. The van der Waals surface area contributed by atoms with Crippen LogP contribution in [0, 0.1) is 35.0 Å². The molecule has 688 valence electrons. The van der Waals surface area contributed by atoms with Crippen molar-refractivity contribution in [2.75, 3.05) is 13.1 Å². The van der Waals surface area contributed by atoms with Crippen molar-refractivity contribution in [3.8, 4) is 5.75 Å². The van der Waals surface area contributed by atoms with Crippen molar-refractivity contribution in [2.45, 2.75) is 244 Å². The normalized spacial score (nSPS) is 16.1. The van der Waals surface area contributed by atoms with Gasteiger partial charge in [0.2, 0.25) is 82.7 Å². The number of aromatic amines is 3. The molecule has 16 atom stereocenters. The van der Waals surface area contributed by atoms with Crippen molar-refractivity contribution in [3.05, 3.63) is 120 Å². The summed E-state index contributed by atoms with van der Waals surface area (Å²) in [7, 11) is 0. The highest BCUT2D eigenvalue weighted by Crippen LogP contribution is 2.23. The van der Waals surface area contributed by atoms with Crippen LogP contribution >= 0.6 is 0 Å². The van der Waals surface area contributed by atoms with E-state index in [2.05, 4.69) is 99.0 Å². The fourth-order valence-electron chi connectivity index (χ4n) is 13.9. The molecular weight excluding hydrogens is 1640 g/mol. The quantitative estimate of drug-likeness (QED) is 0.0107. The van der Waals surface area contributed by atoms with Gasteiger partial charge in [-0.3, -0.25) is 77.3 Å². The van der Waals surface area contributed by atoms with Crippen LogP contribution in [0.5, 0.6) is 5.75 Å². The second kappa shape index (κ2) is 49.8. The molecule has 1 saturated heterocycles. The summed E-state index contributed by atoms with van der Waals surface area (Å²) < 4.78 is 0. The van der Waals surface area contributed by atoms with Crippen molar-refractivity contribution >= 4 is 101 Å². The number of imidazole rings is 3. The molecule has 1 fully saturated rings. The van der Waals surface area contributed by atoms with Crippen LogP contribution in [0.3, 0.4) is 0 Å². The SMILES string of the molecule is CC[C@H](C)[C@H](NC(=O)[C@H](Cc1ccc(O)cc1)NC(=O)[C@@H](NC(=O)[C@H](CCCNC(=N)N)NC(=O)[C@@H](N)CC(=O)O)C(C)C)C(=O)N[C@@H](Cc1c[nH]cn1)C(=O)N1CCC[C@H]1C(=O)N[C@@H](Cc1ccccc1)C(=O)N[C@@H](Cc1c[nH]cn1)C(=O)N[C@@H](CC(C)C)C(=O)N[C@H](C(=O)N[C@H](C(=O)N[C@@H](Cc1c[nH]cn1)C(=O)N[C@@H](CC(N)=O)C(=O)O)[C@@H](C)CC)C(C)C. The molecule has 0 unspecified atom stereocenters. The molecule has 4 heterocycles. The largest absolute Gasteiger partial charge is 0.508 e. The molecular formula is C83H122N24O19. The molecule has 3 aromatic heterocycles. The monoisotopic (exact) mass is 1760 g/mol. The lowest BCUT2D eigenvalue weighted by molar-refractivity contribution is -0.144. The van der Waals surface area contributed by atoms with Crippen molar-refractivity contribution in [2.24, 2.45) is 46.8 Å². The predicted molar refractivity (Wildman–Crippen MR) is 456 cm³/mol. The molecule has 1 aliphatic heterocycles. The lowest BCUT2D eigenvalue weighted by Gasteiger charge is -2.32. The van der Waals surface area contributed by atoms with Gasteiger partial charge in [0.25, 0.3) is 0 Å². The summed E-state index contributed by atoms with van der Waals surface area (Å²) in [5, 5.41) is 71.5. The summed E-state index contributed by atoms with van der Waals surface area (Å²) in [6.07, 6.45) is 6.51.